The minimum atomic E-state index is -0.764. The number of methoxy groups -OCH3 is 1. The molecule has 1 aromatic carbocycles. The molecule has 6 unspecified atom stereocenters. The second-order valence-corrected chi connectivity index (χ2v) is 7.65. The molecule has 2 saturated heterocycles. The highest BCUT2D eigenvalue weighted by Crippen LogP contribution is 2.66. The summed E-state index contributed by atoms with van der Waals surface area (Å²) in [4.78, 5) is 17.9. The van der Waals surface area contributed by atoms with E-state index < -0.39 is 17.3 Å². The second kappa shape index (κ2) is 5.50. The van der Waals surface area contributed by atoms with Gasteiger partial charge >= 0.3 is 5.97 Å². The number of hydrogen-bond donors (Lipinski definition) is 2. The van der Waals surface area contributed by atoms with Crippen LogP contribution < -0.4 is 0 Å². The van der Waals surface area contributed by atoms with Crippen LogP contribution in [0.4, 0.5) is 5.69 Å². The van der Waals surface area contributed by atoms with Crippen LogP contribution >= 0.6 is 0 Å². The summed E-state index contributed by atoms with van der Waals surface area (Å²) in [5.41, 5.74) is 2.75. The largest absolute Gasteiger partial charge is 0.469 e. The highest BCUT2D eigenvalue weighted by molar-refractivity contribution is 6.12. The number of carbonyl (C=O) groups is 1. The Bertz CT molecular complexity index is 924. The van der Waals surface area contributed by atoms with E-state index in [0.717, 1.165) is 22.5 Å². The number of oxime groups is 1. The van der Waals surface area contributed by atoms with Crippen molar-refractivity contribution in [3.05, 3.63) is 41.5 Å². The van der Waals surface area contributed by atoms with Gasteiger partial charge in [-0.1, -0.05) is 29.8 Å². The third-order valence-electron chi connectivity index (χ3n) is 6.96. The molecular formula is C20H21N3O4. The van der Waals surface area contributed by atoms with E-state index in [1.54, 1.807) is 0 Å². The maximum Gasteiger partial charge on any atom is 0.310 e. The summed E-state index contributed by atoms with van der Waals surface area (Å²) in [7, 11) is 1.41. The van der Waals surface area contributed by atoms with Crippen molar-refractivity contribution in [1.82, 2.24) is 5.06 Å². The zero-order valence-corrected chi connectivity index (χ0v) is 15.1. The summed E-state index contributed by atoms with van der Waals surface area (Å²) in [6, 6.07) is 7.14. The molecule has 0 radical (unpaired) electrons. The number of fused-ring (bicyclic) bond motifs is 1. The molecule has 2 aliphatic carbocycles. The minimum Gasteiger partial charge on any atom is -0.469 e. The van der Waals surface area contributed by atoms with Crippen LogP contribution in [0.2, 0.25) is 0 Å². The zero-order chi connectivity index (χ0) is 18.9. The van der Waals surface area contributed by atoms with Crippen LogP contribution in [0.1, 0.15) is 18.9 Å². The average Bonchev–Trinajstić information content (AvgIpc) is 3.03. The fourth-order valence-electron chi connectivity index (χ4n) is 6.20. The first-order valence-electron chi connectivity index (χ1n) is 9.18. The highest BCUT2D eigenvalue weighted by atomic mass is 16.5. The smallest absolute Gasteiger partial charge is 0.310 e. The summed E-state index contributed by atoms with van der Waals surface area (Å²) in [6.45, 7) is 1.92. The lowest BCUT2D eigenvalue weighted by Crippen LogP contribution is -2.77. The third kappa shape index (κ3) is 1.72. The Hall–Kier alpha value is -2.51. The van der Waals surface area contributed by atoms with Crippen LogP contribution in [0, 0.1) is 17.8 Å². The van der Waals surface area contributed by atoms with Gasteiger partial charge in [-0.05, 0) is 30.9 Å². The molecule has 4 bridgehead atoms. The van der Waals surface area contributed by atoms with E-state index >= 15 is 0 Å². The Morgan fingerprint density at radius 1 is 1.44 bits per heavy atom. The highest BCUT2D eigenvalue weighted by Gasteiger charge is 2.73. The molecule has 5 aliphatic rings. The van der Waals surface area contributed by atoms with Crippen LogP contribution in [0.15, 0.2) is 46.1 Å². The number of piperidine rings is 2. The number of rotatable bonds is 2. The van der Waals surface area contributed by atoms with Crippen molar-refractivity contribution in [2.24, 2.45) is 27.9 Å². The summed E-state index contributed by atoms with van der Waals surface area (Å²) in [5.74, 6) is -1.24. The van der Waals surface area contributed by atoms with Gasteiger partial charge in [-0.25, -0.2) is 0 Å². The number of hydroxylamine groups is 2. The number of hydrogen-bond acceptors (Lipinski definition) is 7. The van der Waals surface area contributed by atoms with Crippen LogP contribution in [-0.4, -0.2) is 52.6 Å². The lowest BCUT2D eigenvalue weighted by atomic mass is 9.42. The van der Waals surface area contributed by atoms with E-state index in [2.05, 4.69) is 5.16 Å². The zero-order valence-electron chi connectivity index (χ0n) is 15.1. The molecule has 1 aromatic rings. The molecule has 6 atom stereocenters. The molecule has 2 N–H and O–H groups in total. The number of carbonyl (C=O) groups excluding carboxylic acids is 1. The van der Waals surface area contributed by atoms with Gasteiger partial charge in [0.15, 0.2) is 0 Å². The first-order valence-corrected chi connectivity index (χ1v) is 9.18. The second-order valence-electron chi connectivity index (χ2n) is 7.65. The SMILES string of the molecule is C/C=C1\C2CC3C4=Nc5ccccc5C4(C(/C=N/O)C1N3O)C2C(=O)OC. The summed E-state index contributed by atoms with van der Waals surface area (Å²) in [6.07, 6.45) is 4.03. The molecule has 0 amide bonds. The van der Waals surface area contributed by atoms with E-state index in [9.17, 15) is 15.2 Å². The third-order valence-corrected chi connectivity index (χ3v) is 6.96. The Labute approximate surface area is 156 Å². The van der Waals surface area contributed by atoms with Gasteiger partial charge in [0.1, 0.15) is 0 Å². The maximum atomic E-state index is 13.1. The van der Waals surface area contributed by atoms with Gasteiger partial charge in [0.25, 0.3) is 0 Å². The van der Waals surface area contributed by atoms with Gasteiger partial charge in [-0.2, -0.15) is 5.06 Å². The normalized spacial score (nSPS) is 40.3. The molecule has 27 heavy (non-hydrogen) atoms. The fraction of sp³-hybridized carbons (Fsp3) is 0.450. The number of esters is 1. The first-order chi connectivity index (χ1) is 13.1. The van der Waals surface area contributed by atoms with Crippen LogP contribution in [0.3, 0.4) is 0 Å². The van der Waals surface area contributed by atoms with Gasteiger partial charge in [-0.15, -0.1) is 5.16 Å². The Balaban J connectivity index is 1.87. The summed E-state index contributed by atoms with van der Waals surface area (Å²) < 4.78 is 5.24. The van der Waals surface area contributed by atoms with Gasteiger partial charge in [0.05, 0.1) is 41.9 Å². The predicted molar refractivity (Wildman–Crippen MR) is 97.6 cm³/mol. The monoisotopic (exact) mass is 367 g/mol. The lowest BCUT2D eigenvalue weighted by Gasteiger charge is -2.65. The Morgan fingerprint density at radius 2 is 2.22 bits per heavy atom. The van der Waals surface area contributed by atoms with E-state index in [1.807, 2.05) is 37.3 Å². The van der Waals surface area contributed by atoms with Gasteiger partial charge in [0.2, 0.25) is 0 Å². The van der Waals surface area contributed by atoms with E-state index in [0.29, 0.717) is 6.42 Å². The van der Waals surface area contributed by atoms with Crippen molar-refractivity contribution in [3.8, 4) is 0 Å². The molecule has 7 heteroatoms. The number of nitrogens with zero attached hydrogens (tertiary/aromatic N) is 3. The number of benzene rings is 1. The van der Waals surface area contributed by atoms with E-state index in [-0.39, 0.29) is 24.0 Å². The molecule has 140 valence electrons. The van der Waals surface area contributed by atoms with E-state index in [1.165, 1.54) is 18.4 Å². The molecule has 4 fully saturated rings. The van der Waals surface area contributed by atoms with Crippen molar-refractivity contribution in [1.29, 1.82) is 0 Å². The summed E-state index contributed by atoms with van der Waals surface area (Å²) >= 11 is 0. The number of ether oxygens (including phenoxy) is 1. The predicted octanol–water partition coefficient (Wildman–Crippen LogP) is 2.30. The van der Waals surface area contributed by atoms with Crippen molar-refractivity contribution >= 4 is 23.6 Å². The van der Waals surface area contributed by atoms with Crippen LogP contribution in [-0.2, 0) is 14.9 Å². The van der Waals surface area contributed by atoms with Gasteiger partial charge in [-0.3, -0.25) is 9.79 Å². The minimum absolute atomic E-state index is 0.0469. The van der Waals surface area contributed by atoms with Gasteiger partial charge < -0.3 is 15.2 Å². The molecule has 0 aromatic heterocycles. The molecule has 7 nitrogen and oxygen atoms in total. The van der Waals surface area contributed by atoms with Crippen molar-refractivity contribution < 1.29 is 19.9 Å². The lowest BCUT2D eigenvalue weighted by molar-refractivity contribution is -0.200. The number of aliphatic imine (C=N–C) groups is 1. The molecule has 2 saturated carbocycles. The Kier molecular flexibility index (Phi) is 3.39. The fourth-order valence-corrected chi connectivity index (χ4v) is 6.20. The Morgan fingerprint density at radius 3 is 2.93 bits per heavy atom. The number of para-hydroxylation sites is 1. The van der Waals surface area contributed by atoms with Gasteiger partial charge in [0, 0.05) is 12.1 Å². The first kappa shape index (κ1) is 16.6. The average molecular weight is 367 g/mol. The van der Waals surface area contributed by atoms with Crippen LogP contribution in [0.5, 0.6) is 0 Å². The number of allylic oxidation sites excluding steroid dienone is 1. The quantitative estimate of drug-likeness (QED) is 0.275. The maximum absolute atomic E-state index is 13.1. The standard InChI is InChI=1S/C20H21N3O4/c1-3-10-11-8-15-18-20(16(11)19(24)27-2,12-6-4-5-7-14(12)22-18)13(9-21-25)17(10)23(15)26/h3-7,9,11,13,15-17,25-26H,8H2,1-2H3/b10-3+,21-9+. The summed E-state index contributed by atoms with van der Waals surface area (Å²) in [5, 5.41) is 25.1. The van der Waals surface area contributed by atoms with Crippen molar-refractivity contribution in [3.63, 3.8) is 0 Å². The molecule has 6 rings (SSSR count). The molecule has 3 heterocycles. The topological polar surface area (TPSA) is 94.7 Å². The van der Waals surface area contributed by atoms with Crippen molar-refractivity contribution in [2.75, 3.05) is 7.11 Å². The molecular weight excluding hydrogens is 346 g/mol. The molecule has 3 aliphatic heterocycles. The molecule has 1 spiro atoms. The van der Waals surface area contributed by atoms with Crippen molar-refractivity contribution in [2.45, 2.75) is 30.8 Å². The van der Waals surface area contributed by atoms with E-state index in [4.69, 9.17) is 9.73 Å². The van der Waals surface area contributed by atoms with Crippen LogP contribution in [0.25, 0.3) is 0 Å².